The lowest BCUT2D eigenvalue weighted by atomic mass is 10.1. The minimum Gasteiger partial charge on any atom is -0.478 e. The number of carboxylic acids is 1. The van der Waals surface area contributed by atoms with Gasteiger partial charge >= 0.3 is 5.97 Å². The Morgan fingerprint density at radius 1 is 1.30 bits per heavy atom. The van der Waals surface area contributed by atoms with Gasteiger partial charge in [-0.3, -0.25) is 4.79 Å². The van der Waals surface area contributed by atoms with Gasteiger partial charge in [0.25, 0.3) is 5.91 Å². The molecule has 2 aromatic rings. The van der Waals surface area contributed by atoms with Crippen LogP contribution >= 0.6 is 0 Å². The van der Waals surface area contributed by atoms with E-state index in [-0.39, 0.29) is 23.7 Å². The minimum absolute atomic E-state index is 0.0871. The van der Waals surface area contributed by atoms with E-state index in [4.69, 9.17) is 9.52 Å². The maximum absolute atomic E-state index is 13.3. The first-order chi connectivity index (χ1) is 9.58. The molecule has 1 aromatic heterocycles. The van der Waals surface area contributed by atoms with Crippen LogP contribution in [0.25, 0.3) is 0 Å². The molecule has 0 aliphatic heterocycles. The van der Waals surface area contributed by atoms with E-state index in [1.165, 1.54) is 6.07 Å². The molecule has 0 aliphatic rings. The molecule has 0 fully saturated rings. The Kier molecular flexibility index (Phi) is 4.14. The molecule has 0 saturated carbocycles. The number of amides is 1. The van der Waals surface area contributed by atoms with Crippen LogP contribution in [0.5, 0.6) is 0 Å². The summed E-state index contributed by atoms with van der Waals surface area (Å²) in [5.74, 6) is -2.11. The minimum atomic E-state index is -1.17. The highest BCUT2D eigenvalue weighted by Crippen LogP contribution is 2.09. The zero-order chi connectivity index (χ0) is 14.5. The number of halogens is 1. The number of carboxylic acid groups (broad SMARTS) is 1. The van der Waals surface area contributed by atoms with Crippen LogP contribution in [0.2, 0.25) is 0 Å². The van der Waals surface area contributed by atoms with Crippen molar-refractivity contribution in [1.82, 2.24) is 5.32 Å². The Balaban J connectivity index is 1.89. The zero-order valence-electron chi connectivity index (χ0n) is 10.4. The average Bonchev–Trinajstić information content (AvgIpc) is 2.91. The molecule has 0 saturated heterocycles. The zero-order valence-corrected chi connectivity index (χ0v) is 10.4. The lowest BCUT2D eigenvalue weighted by molar-refractivity contribution is 0.0696. The van der Waals surface area contributed by atoms with Gasteiger partial charge in [0, 0.05) is 12.6 Å². The van der Waals surface area contributed by atoms with Gasteiger partial charge < -0.3 is 14.8 Å². The maximum atomic E-state index is 13.3. The molecule has 104 valence electrons. The molecule has 2 N–H and O–H groups in total. The van der Waals surface area contributed by atoms with Crippen LogP contribution in [0.3, 0.4) is 0 Å². The number of hydrogen-bond donors (Lipinski definition) is 2. The van der Waals surface area contributed by atoms with Crippen molar-refractivity contribution < 1.29 is 23.5 Å². The number of nitrogens with one attached hydrogen (secondary N) is 1. The van der Waals surface area contributed by atoms with Gasteiger partial charge in [0.15, 0.2) is 5.76 Å². The lowest BCUT2D eigenvalue weighted by Crippen LogP contribution is -2.25. The molecule has 1 aromatic carbocycles. The second kappa shape index (κ2) is 6.01. The van der Waals surface area contributed by atoms with Crippen molar-refractivity contribution in [1.29, 1.82) is 0 Å². The number of carbonyl (C=O) groups is 2. The van der Waals surface area contributed by atoms with E-state index in [1.54, 1.807) is 18.2 Å². The van der Waals surface area contributed by atoms with Crippen molar-refractivity contribution in [2.75, 3.05) is 6.54 Å². The summed E-state index contributed by atoms with van der Waals surface area (Å²) in [6, 6.07) is 7.43. The summed E-state index contributed by atoms with van der Waals surface area (Å²) >= 11 is 0. The molecule has 5 nitrogen and oxygen atoms in total. The Bertz CT molecular complexity index is 636. The molecule has 0 radical (unpaired) electrons. The summed E-state index contributed by atoms with van der Waals surface area (Å²) in [5.41, 5.74) is 0.405. The van der Waals surface area contributed by atoms with Crippen LogP contribution in [-0.2, 0) is 6.42 Å². The molecule has 0 aliphatic carbocycles. The fourth-order valence-corrected chi connectivity index (χ4v) is 1.67. The van der Waals surface area contributed by atoms with Crippen LogP contribution < -0.4 is 5.32 Å². The summed E-state index contributed by atoms with van der Waals surface area (Å²) < 4.78 is 18.2. The molecular weight excluding hydrogens is 265 g/mol. The highest BCUT2D eigenvalue weighted by Gasteiger charge is 2.14. The van der Waals surface area contributed by atoms with Gasteiger partial charge in [0.2, 0.25) is 0 Å². The van der Waals surface area contributed by atoms with E-state index >= 15 is 0 Å². The normalized spacial score (nSPS) is 10.2. The number of furan rings is 1. The topological polar surface area (TPSA) is 79.5 Å². The third-order valence-corrected chi connectivity index (χ3v) is 2.71. The molecule has 6 heteroatoms. The predicted molar refractivity (Wildman–Crippen MR) is 68.1 cm³/mol. The summed E-state index contributed by atoms with van der Waals surface area (Å²) in [5, 5.41) is 11.2. The number of carbonyl (C=O) groups excluding carboxylic acids is 1. The molecule has 0 spiro atoms. The molecule has 20 heavy (non-hydrogen) atoms. The van der Waals surface area contributed by atoms with Gasteiger partial charge in [-0.25, -0.2) is 9.18 Å². The first-order valence-electron chi connectivity index (χ1n) is 5.91. The third-order valence-electron chi connectivity index (χ3n) is 2.71. The first kappa shape index (κ1) is 13.8. The highest BCUT2D eigenvalue weighted by molar-refractivity contribution is 5.95. The van der Waals surface area contributed by atoms with E-state index in [0.717, 1.165) is 12.3 Å². The lowest BCUT2D eigenvalue weighted by Gasteiger charge is -2.04. The molecule has 0 unspecified atom stereocenters. The smallest absolute Gasteiger partial charge is 0.338 e. The number of aromatic carboxylic acids is 1. The predicted octanol–water partition coefficient (Wildman–Crippen LogP) is 2.09. The first-order valence-corrected chi connectivity index (χ1v) is 5.91. The van der Waals surface area contributed by atoms with E-state index in [2.05, 4.69) is 5.32 Å². The summed E-state index contributed by atoms with van der Waals surface area (Å²) in [6.07, 6.45) is 1.33. The van der Waals surface area contributed by atoms with Crippen LogP contribution in [0.4, 0.5) is 4.39 Å². The molecule has 1 amide bonds. The largest absolute Gasteiger partial charge is 0.478 e. The van der Waals surface area contributed by atoms with Crippen molar-refractivity contribution in [3.05, 3.63) is 59.3 Å². The Morgan fingerprint density at radius 3 is 2.70 bits per heavy atom. The van der Waals surface area contributed by atoms with E-state index in [1.807, 2.05) is 0 Å². The van der Waals surface area contributed by atoms with Crippen LogP contribution in [-0.4, -0.2) is 23.5 Å². The van der Waals surface area contributed by atoms with E-state index < -0.39 is 11.9 Å². The molecule has 2 rings (SSSR count). The average molecular weight is 277 g/mol. The second-order valence-electron chi connectivity index (χ2n) is 4.10. The number of hydrogen-bond acceptors (Lipinski definition) is 3. The van der Waals surface area contributed by atoms with E-state index in [0.29, 0.717) is 12.0 Å². The number of rotatable bonds is 5. The fourth-order valence-electron chi connectivity index (χ4n) is 1.67. The van der Waals surface area contributed by atoms with Gasteiger partial charge in [0.1, 0.15) is 12.1 Å². The van der Waals surface area contributed by atoms with Crippen molar-refractivity contribution >= 4 is 11.9 Å². The van der Waals surface area contributed by atoms with Gasteiger partial charge in [-0.05, 0) is 18.1 Å². The number of benzene rings is 1. The van der Waals surface area contributed by atoms with Crippen molar-refractivity contribution in [2.45, 2.75) is 6.42 Å². The quantitative estimate of drug-likeness (QED) is 0.877. The van der Waals surface area contributed by atoms with Crippen molar-refractivity contribution in [2.24, 2.45) is 0 Å². The summed E-state index contributed by atoms with van der Waals surface area (Å²) in [7, 11) is 0. The molecular formula is C14H12FNO4. The van der Waals surface area contributed by atoms with Gasteiger partial charge in [0.05, 0.1) is 5.56 Å². The van der Waals surface area contributed by atoms with Crippen LogP contribution in [0.15, 0.2) is 41.0 Å². The third kappa shape index (κ3) is 3.23. The Morgan fingerprint density at radius 2 is 2.05 bits per heavy atom. The van der Waals surface area contributed by atoms with Gasteiger partial charge in [-0.1, -0.05) is 18.2 Å². The van der Waals surface area contributed by atoms with Gasteiger partial charge in [-0.15, -0.1) is 0 Å². The summed E-state index contributed by atoms with van der Waals surface area (Å²) in [6.45, 7) is 0.225. The Labute approximate surface area is 114 Å². The Hall–Kier alpha value is -2.63. The van der Waals surface area contributed by atoms with Gasteiger partial charge in [-0.2, -0.15) is 0 Å². The van der Waals surface area contributed by atoms with Crippen LogP contribution in [0.1, 0.15) is 26.5 Å². The fraction of sp³-hybridized carbons (Fsp3) is 0.143. The monoisotopic (exact) mass is 277 g/mol. The second-order valence-corrected chi connectivity index (χ2v) is 4.10. The highest BCUT2D eigenvalue weighted by atomic mass is 19.1. The van der Waals surface area contributed by atoms with Crippen molar-refractivity contribution in [3.63, 3.8) is 0 Å². The SMILES string of the molecule is O=C(O)c1coc(C(=O)NCCc2ccccc2F)c1. The van der Waals surface area contributed by atoms with Crippen molar-refractivity contribution in [3.8, 4) is 0 Å². The summed E-state index contributed by atoms with van der Waals surface area (Å²) in [4.78, 5) is 22.3. The van der Waals surface area contributed by atoms with E-state index in [9.17, 15) is 14.0 Å². The standard InChI is InChI=1S/C14H12FNO4/c15-11-4-2-1-3-9(11)5-6-16-13(17)12-7-10(8-20-12)14(18)19/h1-4,7-8H,5-6H2,(H,16,17)(H,18,19). The molecule has 0 atom stereocenters. The molecule has 0 bridgehead atoms. The van der Waals surface area contributed by atoms with Crippen LogP contribution in [0, 0.1) is 5.82 Å². The molecule has 1 heterocycles. The maximum Gasteiger partial charge on any atom is 0.338 e.